The third-order valence-electron chi connectivity index (χ3n) is 9.20. The van der Waals surface area contributed by atoms with Gasteiger partial charge in [-0.2, -0.15) is 0 Å². The molecule has 0 fully saturated rings. The lowest BCUT2D eigenvalue weighted by molar-refractivity contribution is 0.585. The van der Waals surface area contributed by atoms with Crippen molar-refractivity contribution >= 4 is 57.6 Å². The molecule has 0 unspecified atom stereocenters. The number of anilines is 6. The molecule has 51 heavy (non-hydrogen) atoms. The maximum Gasteiger partial charge on any atom is 0.248 e. The molecule has 0 radical (unpaired) electrons. The molecule has 2 aliphatic rings. The van der Waals surface area contributed by atoms with Gasteiger partial charge < -0.3 is 14.2 Å². The largest absolute Gasteiger partial charge is 0.416 e. The highest BCUT2D eigenvalue weighted by Crippen LogP contribution is 2.55. The van der Waals surface area contributed by atoms with E-state index in [1.807, 2.05) is 59.9 Å². The van der Waals surface area contributed by atoms with Crippen molar-refractivity contribution in [2.45, 2.75) is 19.6 Å². The number of fused-ring (bicyclic) bond motifs is 4. The highest BCUT2D eigenvalue weighted by atomic mass is 32.2. The Balaban J connectivity index is 1.22. The van der Waals surface area contributed by atoms with Crippen LogP contribution >= 0.6 is 23.5 Å². The molecule has 0 bridgehead atoms. The zero-order valence-corrected chi connectivity index (χ0v) is 28.8. The Hall–Kier alpha value is -6.02. The molecule has 0 atom stereocenters. The normalized spacial score (nSPS) is 12.9. The first-order chi connectivity index (χ1) is 25.3. The van der Waals surface area contributed by atoms with Gasteiger partial charge in [-0.15, -0.1) is 10.2 Å². The monoisotopic (exact) mass is 692 g/mol. The summed E-state index contributed by atoms with van der Waals surface area (Å²) in [4.78, 5) is 9.66. The van der Waals surface area contributed by atoms with E-state index in [-0.39, 0.29) is 0 Å². The number of hydrogen-bond acceptors (Lipinski definition) is 7. The molecule has 5 nitrogen and oxygen atoms in total. The molecular weight excluding hydrogens is 665 g/mol. The van der Waals surface area contributed by atoms with Crippen LogP contribution in [-0.2, 0) is 0 Å². The minimum Gasteiger partial charge on any atom is -0.416 e. The highest BCUT2D eigenvalue weighted by Gasteiger charge is 2.29. The molecule has 0 N–H and O–H groups in total. The summed E-state index contributed by atoms with van der Waals surface area (Å²) in [6, 6.07) is 59.7. The Labute approximate surface area is 304 Å². The number of rotatable bonds is 5. The first-order valence-electron chi connectivity index (χ1n) is 16.7. The van der Waals surface area contributed by atoms with E-state index in [0.29, 0.717) is 11.8 Å². The van der Waals surface area contributed by atoms with E-state index >= 15 is 0 Å². The first kappa shape index (κ1) is 29.9. The SMILES string of the molecule is c1ccc(-c2nnc(-c3ccccc3-c3cc(N4c5ccccc5Sc5ccccc54)cc(N4c5ccccc5Sc5ccccc54)c3)o2)cc1. The number of aromatic nitrogens is 2. The minimum atomic E-state index is 0.478. The van der Waals surface area contributed by atoms with Crippen LogP contribution in [0.5, 0.6) is 0 Å². The van der Waals surface area contributed by atoms with E-state index in [9.17, 15) is 0 Å². The van der Waals surface area contributed by atoms with Gasteiger partial charge in [0.25, 0.3) is 0 Å². The Morgan fingerprint density at radius 2 is 0.784 bits per heavy atom. The Bertz CT molecular complexity index is 2380. The van der Waals surface area contributed by atoms with Gasteiger partial charge in [-0.1, -0.05) is 108 Å². The molecule has 0 amide bonds. The molecule has 1 aromatic heterocycles. The molecular formula is C44H28N4OS2. The predicted molar refractivity (Wildman–Crippen MR) is 208 cm³/mol. The maximum atomic E-state index is 6.35. The van der Waals surface area contributed by atoms with Gasteiger partial charge in [-0.05, 0) is 96.1 Å². The van der Waals surface area contributed by atoms with Gasteiger partial charge in [-0.25, -0.2) is 0 Å². The van der Waals surface area contributed by atoms with Crippen LogP contribution in [0, 0.1) is 0 Å². The summed E-state index contributed by atoms with van der Waals surface area (Å²) in [5, 5.41) is 8.99. The van der Waals surface area contributed by atoms with Crippen molar-refractivity contribution in [2.75, 3.05) is 9.80 Å². The topological polar surface area (TPSA) is 45.4 Å². The fraction of sp³-hybridized carbons (Fsp3) is 0. The van der Waals surface area contributed by atoms with Crippen molar-refractivity contribution in [3.8, 4) is 34.0 Å². The standard InChI is InChI=1S/C44H28N4OS2/c1-2-14-29(15-3-1)43-45-46-44(49-43)34-17-5-4-16-33(34)30-26-31(47-35-18-6-10-22-39(35)50-40-23-11-7-19-36(40)47)28-32(27-30)48-37-20-8-12-24-41(37)51-42-25-13-9-21-38(42)48/h1-28H. The third-order valence-corrected chi connectivity index (χ3v) is 11.5. The van der Waals surface area contributed by atoms with Crippen molar-refractivity contribution in [1.82, 2.24) is 10.2 Å². The van der Waals surface area contributed by atoms with Gasteiger partial charge >= 0.3 is 0 Å². The van der Waals surface area contributed by atoms with Crippen LogP contribution in [0.2, 0.25) is 0 Å². The zero-order valence-electron chi connectivity index (χ0n) is 27.2. The summed E-state index contributed by atoms with van der Waals surface area (Å²) in [6.45, 7) is 0. The van der Waals surface area contributed by atoms with Crippen molar-refractivity contribution < 1.29 is 4.42 Å². The maximum absolute atomic E-state index is 6.35. The molecule has 10 rings (SSSR count). The second kappa shape index (κ2) is 12.4. The van der Waals surface area contributed by atoms with Crippen molar-refractivity contribution in [1.29, 1.82) is 0 Å². The van der Waals surface area contributed by atoms with Gasteiger partial charge in [0.2, 0.25) is 11.8 Å². The van der Waals surface area contributed by atoms with E-state index in [2.05, 4.69) is 153 Å². The van der Waals surface area contributed by atoms with Gasteiger partial charge in [0.05, 0.1) is 22.7 Å². The number of nitrogens with zero attached hydrogens (tertiary/aromatic N) is 4. The van der Waals surface area contributed by atoms with Crippen LogP contribution in [0.25, 0.3) is 34.0 Å². The molecule has 242 valence electrons. The Morgan fingerprint density at radius 1 is 0.373 bits per heavy atom. The van der Waals surface area contributed by atoms with Crippen LogP contribution in [-0.4, -0.2) is 10.2 Å². The predicted octanol–water partition coefficient (Wildman–Crippen LogP) is 12.9. The highest BCUT2D eigenvalue weighted by molar-refractivity contribution is 8.00. The average Bonchev–Trinajstić information content (AvgIpc) is 3.70. The van der Waals surface area contributed by atoms with Crippen LogP contribution < -0.4 is 9.80 Å². The summed E-state index contributed by atoms with van der Waals surface area (Å²) in [5.41, 5.74) is 10.5. The zero-order chi connectivity index (χ0) is 33.7. The summed E-state index contributed by atoms with van der Waals surface area (Å²) < 4.78 is 6.35. The van der Waals surface area contributed by atoms with E-state index in [1.54, 1.807) is 0 Å². The first-order valence-corrected chi connectivity index (χ1v) is 18.4. The van der Waals surface area contributed by atoms with E-state index in [0.717, 1.165) is 56.4 Å². The summed E-state index contributed by atoms with van der Waals surface area (Å²) in [5.74, 6) is 0.972. The molecule has 0 saturated carbocycles. The molecule has 7 heteroatoms. The molecule has 3 heterocycles. The fourth-order valence-corrected chi connectivity index (χ4v) is 9.04. The van der Waals surface area contributed by atoms with E-state index in [1.165, 1.54) is 19.6 Å². The molecule has 8 aromatic rings. The van der Waals surface area contributed by atoms with Crippen LogP contribution in [0.15, 0.2) is 194 Å². The van der Waals surface area contributed by atoms with E-state index in [4.69, 9.17) is 4.42 Å². The summed E-state index contributed by atoms with van der Waals surface area (Å²) in [7, 11) is 0. The van der Waals surface area contributed by atoms with Crippen LogP contribution in [0.3, 0.4) is 0 Å². The second-order valence-electron chi connectivity index (χ2n) is 12.3. The van der Waals surface area contributed by atoms with Gasteiger partial charge in [0.1, 0.15) is 0 Å². The van der Waals surface area contributed by atoms with Crippen LogP contribution in [0.1, 0.15) is 0 Å². The number of benzene rings is 7. The van der Waals surface area contributed by atoms with Crippen molar-refractivity contribution in [3.63, 3.8) is 0 Å². The second-order valence-corrected chi connectivity index (χ2v) is 14.5. The lowest BCUT2D eigenvalue weighted by Crippen LogP contribution is -2.17. The molecule has 0 spiro atoms. The summed E-state index contributed by atoms with van der Waals surface area (Å²) in [6.07, 6.45) is 0. The van der Waals surface area contributed by atoms with Gasteiger partial charge in [0.15, 0.2) is 0 Å². The lowest BCUT2D eigenvalue weighted by Gasteiger charge is -2.36. The smallest absolute Gasteiger partial charge is 0.248 e. The molecule has 0 saturated heterocycles. The average molecular weight is 693 g/mol. The Morgan fingerprint density at radius 3 is 1.29 bits per heavy atom. The molecule has 7 aromatic carbocycles. The van der Waals surface area contributed by atoms with Crippen molar-refractivity contribution in [3.05, 3.63) is 170 Å². The van der Waals surface area contributed by atoms with Crippen molar-refractivity contribution in [2.24, 2.45) is 0 Å². The fourth-order valence-electron chi connectivity index (χ4n) is 6.93. The summed E-state index contributed by atoms with van der Waals surface area (Å²) >= 11 is 3.63. The van der Waals surface area contributed by atoms with Gasteiger partial charge in [-0.3, -0.25) is 0 Å². The van der Waals surface area contributed by atoms with Gasteiger partial charge in [0, 0.05) is 42.1 Å². The van der Waals surface area contributed by atoms with Crippen LogP contribution in [0.4, 0.5) is 34.1 Å². The lowest BCUT2D eigenvalue weighted by atomic mass is 9.97. The number of para-hydroxylation sites is 4. The Kier molecular flexibility index (Phi) is 7.25. The molecule has 0 aliphatic carbocycles. The number of hydrogen-bond donors (Lipinski definition) is 0. The molecule has 2 aliphatic heterocycles. The quantitative estimate of drug-likeness (QED) is 0.178. The van der Waals surface area contributed by atoms with E-state index < -0.39 is 0 Å². The third kappa shape index (κ3) is 5.21. The minimum absolute atomic E-state index is 0.478.